The van der Waals surface area contributed by atoms with Crippen LogP contribution in [0.3, 0.4) is 0 Å². The van der Waals surface area contributed by atoms with E-state index in [4.69, 9.17) is 0 Å². The van der Waals surface area contributed by atoms with Gasteiger partial charge in [0.25, 0.3) is 0 Å². The molecule has 92 valence electrons. The van der Waals surface area contributed by atoms with Crippen LogP contribution in [0.15, 0.2) is 29.6 Å². The van der Waals surface area contributed by atoms with Crippen LogP contribution in [0.4, 0.5) is 0 Å². The molecule has 1 aromatic carbocycles. The minimum atomic E-state index is -0.108. The molecule has 0 bridgehead atoms. The van der Waals surface area contributed by atoms with Gasteiger partial charge in [-0.05, 0) is 54.0 Å². The summed E-state index contributed by atoms with van der Waals surface area (Å²) in [5.41, 5.74) is 1.26. The number of fused-ring (bicyclic) bond motifs is 1. The Morgan fingerprint density at radius 2 is 2.28 bits per heavy atom. The van der Waals surface area contributed by atoms with Gasteiger partial charge in [0, 0.05) is 4.70 Å². The second-order valence-electron chi connectivity index (χ2n) is 5.67. The minimum Gasteiger partial charge on any atom is -0.198 e. The van der Waals surface area contributed by atoms with Gasteiger partial charge >= 0.3 is 0 Å². The fourth-order valence-electron chi connectivity index (χ4n) is 3.23. The number of thiophene rings is 1. The van der Waals surface area contributed by atoms with E-state index in [1.165, 1.54) is 22.1 Å². The van der Waals surface area contributed by atoms with Gasteiger partial charge in [-0.25, -0.2) is 0 Å². The third-order valence-corrected chi connectivity index (χ3v) is 5.19. The monoisotopic (exact) mass is 255 g/mol. The van der Waals surface area contributed by atoms with Crippen molar-refractivity contribution in [1.29, 1.82) is 5.26 Å². The standard InChI is InChI=1S/C16H17NS/c1-12-6-7-16(8-12,11-17)9-13-10-18-15-5-3-2-4-14(13)15/h2-5,10,12H,6-9H2,1H3. The van der Waals surface area contributed by atoms with Crippen LogP contribution in [0.5, 0.6) is 0 Å². The van der Waals surface area contributed by atoms with E-state index in [0.717, 1.165) is 19.3 Å². The summed E-state index contributed by atoms with van der Waals surface area (Å²) >= 11 is 1.80. The summed E-state index contributed by atoms with van der Waals surface area (Å²) in [6.07, 6.45) is 4.26. The first kappa shape index (κ1) is 11.7. The molecule has 0 aliphatic heterocycles. The summed E-state index contributed by atoms with van der Waals surface area (Å²) in [5, 5.41) is 13.1. The van der Waals surface area contributed by atoms with Crippen molar-refractivity contribution in [1.82, 2.24) is 0 Å². The van der Waals surface area contributed by atoms with Gasteiger partial charge in [0.2, 0.25) is 0 Å². The number of hydrogen-bond donors (Lipinski definition) is 0. The highest BCUT2D eigenvalue weighted by Crippen LogP contribution is 2.45. The van der Waals surface area contributed by atoms with E-state index in [0.29, 0.717) is 5.92 Å². The average molecular weight is 255 g/mol. The molecule has 2 aromatic rings. The predicted octanol–water partition coefficient (Wildman–Crippen LogP) is 4.77. The van der Waals surface area contributed by atoms with Gasteiger partial charge in [0.15, 0.2) is 0 Å². The number of nitriles is 1. The summed E-state index contributed by atoms with van der Waals surface area (Å²) in [6.45, 7) is 2.27. The fourth-order valence-corrected chi connectivity index (χ4v) is 4.19. The van der Waals surface area contributed by atoms with E-state index in [-0.39, 0.29) is 5.41 Å². The highest BCUT2D eigenvalue weighted by atomic mass is 32.1. The zero-order valence-electron chi connectivity index (χ0n) is 10.6. The highest BCUT2D eigenvalue weighted by Gasteiger charge is 2.38. The Bertz CT molecular complexity index is 607. The summed E-state index contributed by atoms with van der Waals surface area (Å²) in [7, 11) is 0. The quantitative estimate of drug-likeness (QED) is 0.758. The normalized spacial score (nSPS) is 27.4. The molecule has 0 N–H and O–H groups in total. The molecule has 1 saturated carbocycles. The molecule has 1 aliphatic carbocycles. The van der Waals surface area contributed by atoms with Crippen molar-refractivity contribution in [3.63, 3.8) is 0 Å². The zero-order valence-corrected chi connectivity index (χ0v) is 11.5. The average Bonchev–Trinajstić information content (AvgIpc) is 2.96. The molecule has 1 aromatic heterocycles. The van der Waals surface area contributed by atoms with Gasteiger partial charge in [0.1, 0.15) is 0 Å². The molecule has 1 heterocycles. The molecular formula is C16H17NS. The third-order valence-electron chi connectivity index (χ3n) is 4.18. The molecule has 18 heavy (non-hydrogen) atoms. The van der Waals surface area contributed by atoms with Crippen molar-refractivity contribution in [2.24, 2.45) is 11.3 Å². The van der Waals surface area contributed by atoms with Crippen molar-refractivity contribution in [2.75, 3.05) is 0 Å². The Balaban J connectivity index is 1.95. The first-order valence-corrected chi connectivity index (χ1v) is 7.47. The van der Waals surface area contributed by atoms with Gasteiger partial charge in [0.05, 0.1) is 11.5 Å². The molecule has 1 nitrogen and oxygen atoms in total. The lowest BCUT2D eigenvalue weighted by Gasteiger charge is -2.20. The van der Waals surface area contributed by atoms with Crippen LogP contribution in [-0.4, -0.2) is 0 Å². The maximum Gasteiger partial charge on any atom is 0.0693 e. The lowest BCUT2D eigenvalue weighted by Crippen LogP contribution is -2.17. The Labute approximate surface area is 112 Å². The molecule has 1 fully saturated rings. The van der Waals surface area contributed by atoms with Gasteiger partial charge in [-0.2, -0.15) is 5.26 Å². The zero-order chi connectivity index (χ0) is 12.6. The molecule has 2 unspecified atom stereocenters. The second-order valence-corrected chi connectivity index (χ2v) is 6.59. The molecule has 0 radical (unpaired) electrons. The first-order valence-electron chi connectivity index (χ1n) is 6.59. The molecule has 0 saturated heterocycles. The van der Waals surface area contributed by atoms with E-state index in [1.54, 1.807) is 11.3 Å². The predicted molar refractivity (Wildman–Crippen MR) is 76.6 cm³/mol. The second kappa shape index (κ2) is 4.40. The lowest BCUT2D eigenvalue weighted by atomic mass is 9.81. The maximum absolute atomic E-state index is 9.56. The van der Waals surface area contributed by atoms with Crippen molar-refractivity contribution < 1.29 is 0 Å². The molecular weight excluding hydrogens is 238 g/mol. The number of rotatable bonds is 2. The van der Waals surface area contributed by atoms with Gasteiger partial charge in [-0.15, -0.1) is 11.3 Å². The number of benzene rings is 1. The van der Waals surface area contributed by atoms with Crippen molar-refractivity contribution >= 4 is 21.4 Å². The molecule has 0 spiro atoms. The summed E-state index contributed by atoms with van der Waals surface area (Å²) in [6, 6.07) is 11.1. The van der Waals surface area contributed by atoms with Crippen LogP contribution in [-0.2, 0) is 6.42 Å². The maximum atomic E-state index is 9.56. The summed E-state index contributed by atoms with van der Waals surface area (Å²) < 4.78 is 1.34. The largest absolute Gasteiger partial charge is 0.198 e. The van der Waals surface area contributed by atoms with Crippen LogP contribution in [0, 0.1) is 22.7 Å². The van der Waals surface area contributed by atoms with Crippen molar-refractivity contribution in [3.05, 3.63) is 35.2 Å². The number of hydrogen-bond acceptors (Lipinski definition) is 2. The van der Waals surface area contributed by atoms with Gasteiger partial charge in [-0.3, -0.25) is 0 Å². The molecule has 1 aliphatic rings. The fraction of sp³-hybridized carbons (Fsp3) is 0.438. The third kappa shape index (κ3) is 1.93. The minimum absolute atomic E-state index is 0.108. The Hall–Kier alpha value is -1.33. The van der Waals surface area contributed by atoms with E-state index in [2.05, 4.69) is 42.6 Å². The first-order chi connectivity index (χ1) is 8.72. The van der Waals surface area contributed by atoms with Crippen LogP contribution in [0.25, 0.3) is 10.1 Å². The summed E-state index contributed by atoms with van der Waals surface area (Å²) in [5.74, 6) is 0.703. The van der Waals surface area contributed by atoms with E-state index in [9.17, 15) is 5.26 Å². The van der Waals surface area contributed by atoms with E-state index in [1.807, 2.05) is 0 Å². The molecule has 3 rings (SSSR count). The highest BCUT2D eigenvalue weighted by molar-refractivity contribution is 7.17. The van der Waals surface area contributed by atoms with E-state index < -0.39 is 0 Å². The van der Waals surface area contributed by atoms with Crippen LogP contribution < -0.4 is 0 Å². The smallest absolute Gasteiger partial charge is 0.0693 e. The summed E-state index contributed by atoms with van der Waals surface area (Å²) in [4.78, 5) is 0. The SMILES string of the molecule is CC1CCC(C#N)(Cc2csc3ccccc23)C1. The van der Waals surface area contributed by atoms with E-state index >= 15 is 0 Å². The number of nitrogens with zero attached hydrogens (tertiary/aromatic N) is 1. The Morgan fingerprint density at radius 3 is 3.00 bits per heavy atom. The van der Waals surface area contributed by atoms with Crippen molar-refractivity contribution in [2.45, 2.75) is 32.6 Å². The van der Waals surface area contributed by atoms with Crippen LogP contribution >= 0.6 is 11.3 Å². The van der Waals surface area contributed by atoms with Gasteiger partial charge in [-0.1, -0.05) is 25.1 Å². The Morgan fingerprint density at radius 1 is 1.44 bits per heavy atom. The van der Waals surface area contributed by atoms with Crippen molar-refractivity contribution in [3.8, 4) is 6.07 Å². The lowest BCUT2D eigenvalue weighted by molar-refractivity contribution is 0.393. The molecule has 0 amide bonds. The Kier molecular flexibility index (Phi) is 2.87. The molecule has 2 atom stereocenters. The van der Waals surface area contributed by atoms with Crippen LogP contribution in [0.1, 0.15) is 31.7 Å². The molecule has 2 heteroatoms. The van der Waals surface area contributed by atoms with Gasteiger partial charge < -0.3 is 0 Å². The van der Waals surface area contributed by atoms with Crippen LogP contribution in [0.2, 0.25) is 0 Å². The topological polar surface area (TPSA) is 23.8 Å².